The predicted octanol–water partition coefficient (Wildman–Crippen LogP) is 15.6. The maximum atomic E-state index is 14.3. The zero-order valence-electron chi connectivity index (χ0n) is 36.6. The molecule has 0 rings (SSSR count). The summed E-state index contributed by atoms with van der Waals surface area (Å²) in [4.78, 5) is 28.6. The zero-order valence-corrected chi connectivity index (χ0v) is 42.7. The molecule has 0 aliphatic carbocycles. The average Bonchev–Trinajstić information content (AvgIpc) is 3.09. The third-order valence-corrected chi connectivity index (χ3v) is 24.9. The molecular formula is C44H88O4S4Sn. The van der Waals surface area contributed by atoms with E-state index in [4.69, 9.17) is 6.15 Å². The third kappa shape index (κ3) is 32.8. The van der Waals surface area contributed by atoms with Crippen LogP contribution in [0.2, 0.25) is 8.87 Å². The molecule has 53 heavy (non-hydrogen) atoms. The molecular weight excluding hydrogens is 839 g/mol. The topological polar surface area (TPSA) is 52.6 Å². The maximum absolute atomic E-state index is 14.3. The monoisotopic (exact) mass is 928 g/mol. The van der Waals surface area contributed by atoms with Gasteiger partial charge < -0.3 is 0 Å². The van der Waals surface area contributed by atoms with Crippen molar-refractivity contribution >= 4 is 78.2 Å². The van der Waals surface area contributed by atoms with Crippen LogP contribution in [-0.2, 0) is 15.7 Å². The fraction of sp³-hybridized carbons (Fsp3) is 0.955. The van der Waals surface area contributed by atoms with Crippen molar-refractivity contribution in [2.75, 3.05) is 23.0 Å². The standard InChI is InChI=1S/2C18H36O2S2.2C4H9.Sn/c2*1-15(2)11-7-5-9-13-21-18(17(19)20)22-14-10-6-8-12-16(3)4;2*1-3-4-2;/h2*15-16,18H,5-14H2,1-4H3,(H,19,20);2*1,3-4H2,2H3;/q;;;;+2/p-2. The molecule has 0 aromatic heterocycles. The first-order valence-corrected chi connectivity index (χ1v) is 32.8. The number of unbranched alkanes of at least 4 members (excludes halogenated alkanes) is 10. The average molecular weight is 928 g/mol. The van der Waals surface area contributed by atoms with Gasteiger partial charge in [-0.1, -0.05) is 0 Å². The van der Waals surface area contributed by atoms with E-state index in [9.17, 15) is 9.59 Å². The van der Waals surface area contributed by atoms with E-state index >= 15 is 0 Å². The van der Waals surface area contributed by atoms with E-state index in [1.807, 2.05) is 0 Å². The van der Waals surface area contributed by atoms with Crippen molar-refractivity contribution in [2.45, 2.75) is 216 Å². The molecule has 316 valence electrons. The predicted molar refractivity (Wildman–Crippen MR) is 248 cm³/mol. The number of carbonyl (C=O) groups excluding carboxylic acids is 2. The van der Waals surface area contributed by atoms with Crippen molar-refractivity contribution < 1.29 is 15.7 Å². The molecule has 0 amide bonds. The Labute approximate surface area is 353 Å². The van der Waals surface area contributed by atoms with Gasteiger partial charge >= 0.3 is 356 Å². The first-order chi connectivity index (χ1) is 25.4. The first-order valence-electron chi connectivity index (χ1n) is 22.3. The first kappa shape index (κ1) is 54.1. The molecule has 0 aromatic rings. The van der Waals surface area contributed by atoms with Crippen LogP contribution in [0.5, 0.6) is 0 Å². The summed E-state index contributed by atoms with van der Waals surface area (Å²) in [6.45, 7) is 22.8. The second-order valence-electron chi connectivity index (χ2n) is 17.1. The van der Waals surface area contributed by atoms with E-state index in [2.05, 4.69) is 69.2 Å². The molecule has 9 heteroatoms. The van der Waals surface area contributed by atoms with Crippen LogP contribution in [0.4, 0.5) is 0 Å². The minimum atomic E-state index is -4.13. The van der Waals surface area contributed by atoms with Gasteiger partial charge in [0.1, 0.15) is 0 Å². The Morgan fingerprint density at radius 2 is 0.679 bits per heavy atom. The number of rotatable bonds is 38. The van der Waals surface area contributed by atoms with Gasteiger partial charge in [-0.2, -0.15) is 0 Å². The molecule has 0 heterocycles. The van der Waals surface area contributed by atoms with E-state index in [0.29, 0.717) is 0 Å². The van der Waals surface area contributed by atoms with Crippen LogP contribution in [0.3, 0.4) is 0 Å². The van der Waals surface area contributed by atoms with Gasteiger partial charge in [0.2, 0.25) is 0 Å². The van der Waals surface area contributed by atoms with Gasteiger partial charge in [0, 0.05) is 0 Å². The molecule has 0 aliphatic heterocycles. The Kier molecular flexibility index (Phi) is 37.0. The molecule has 0 saturated heterocycles. The van der Waals surface area contributed by atoms with E-state index in [1.165, 1.54) is 77.0 Å². The van der Waals surface area contributed by atoms with E-state index < -0.39 is 19.2 Å². The second-order valence-corrected chi connectivity index (χ2v) is 31.7. The van der Waals surface area contributed by atoms with Crippen LogP contribution in [0.15, 0.2) is 0 Å². The zero-order chi connectivity index (χ0) is 39.7. The van der Waals surface area contributed by atoms with Gasteiger partial charge in [-0.05, 0) is 0 Å². The van der Waals surface area contributed by atoms with Crippen molar-refractivity contribution in [1.82, 2.24) is 0 Å². The van der Waals surface area contributed by atoms with Crippen LogP contribution in [-0.4, -0.2) is 63.3 Å². The summed E-state index contributed by atoms with van der Waals surface area (Å²) in [7, 11) is 0. The minimum absolute atomic E-state index is 0.104. The SMILES string of the molecule is CCC[CH2][Sn]([CH2]CCC)([O]C(=O)C(SCCCCCC(C)C)SCCCCCC(C)C)[O]C(=O)C(SCCCCCC(C)C)SCCCCCC(C)C. The number of thioether (sulfide) groups is 4. The Morgan fingerprint density at radius 1 is 0.415 bits per heavy atom. The number of carbonyl (C=O) groups is 2. The number of hydrogen-bond donors (Lipinski definition) is 0. The Hall–Kier alpha value is 1.14. The van der Waals surface area contributed by atoms with Gasteiger partial charge in [0.15, 0.2) is 0 Å². The third-order valence-electron chi connectivity index (χ3n) is 9.56. The molecule has 0 spiro atoms. The van der Waals surface area contributed by atoms with Crippen LogP contribution < -0.4 is 0 Å². The fourth-order valence-corrected chi connectivity index (χ4v) is 22.0. The van der Waals surface area contributed by atoms with Gasteiger partial charge in [-0.3, -0.25) is 0 Å². The molecule has 0 aromatic carbocycles. The summed E-state index contributed by atoms with van der Waals surface area (Å²) < 4.78 is 14.6. The summed E-state index contributed by atoms with van der Waals surface area (Å²) in [6, 6.07) is 0. The van der Waals surface area contributed by atoms with Gasteiger partial charge in [-0.25, -0.2) is 0 Å². The van der Waals surface area contributed by atoms with Gasteiger partial charge in [0.05, 0.1) is 0 Å². The van der Waals surface area contributed by atoms with E-state index in [-0.39, 0.29) is 21.1 Å². The van der Waals surface area contributed by atoms with Crippen molar-refractivity contribution in [3.05, 3.63) is 0 Å². The van der Waals surface area contributed by atoms with Crippen molar-refractivity contribution in [2.24, 2.45) is 23.7 Å². The Balaban J connectivity index is 5.92. The molecule has 0 unspecified atom stereocenters. The van der Waals surface area contributed by atoms with Gasteiger partial charge in [0.25, 0.3) is 0 Å². The van der Waals surface area contributed by atoms with Crippen LogP contribution in [0, 0.1) is 23.7 Å². The van der Waals surface area contributed by atoms with Crippen molar-refractivity contribution in [3.8, 4) is 0 Å². The fourth-order valence-electron chi connectivity index (χ4n) is 6.16. The molecule has 0 radical (unpaired) electrons. The molecule has 0 saturated carbocycles. The summed E-state index contributed by atoms with van der Waals surface area (Å²) in [5.41, 5.74) is 0. The summed E-state index contributed by atoms with van der Waals surface area (Å²) in [5.74, 6) is 6.68. The number of hydrogen-bond acceptors (Lipinski definition) is 8. The normalized spacial score (nSPS) is 12.4. The van der Waals surface area contributed by atoms with Crippen molar-refractivity contribution in [3.63, 3.8) is 0 Å². The molecule has 0 aliphatic rings. The second kappa shape index (κ2) is 36.2. The summed E-state index contributed by atoms with van der Waals surface area (Å²) >= 11 is 3.00. The van der Waals surface area contributed by atoms with E-state index in [1.54, 1.807) is 47.0 Å². The van der Waals surface area contributed by atoms with Crippen molar-refractivity contribution in [1.29, 1.82) is 0 Å². The molecule has 4 nitrogen and oxygen atoms in total. The Morgan fingerprint density at radius 3 is 0.906 bits per heavy atom. The van der Waals surface area contributed by atoms with E-state index in [0.717, 1.165) is 107 Å². The quantitative estimate of drug-likeness (QED) is 0.0345. The molecule has 0 N–H and O–H groups in total. The Bertz CT molecular complexity index is 749. The summed E-state index contributed by atoms with van der Waals surface area (Å²) in [6.07, 6.45) is 23.4. The molecule has 0 atom stereocenters. The molecule has 0 bridgehead atoms. The van der Waals surface area contributed by atoms with Crippen LogP contribution in [0.25, 0.3) is 0 Å². The summed E-state index contributed by atoms with van der Waals surface area (Å²) in [5, 5.41) is 0. The van der Waals surface area contributed by atoms with Crippen LogP contribution >= 0.6 is 47.0 Å². The molecule has 0 fully saturated rings. The van der Waals surface area contributed by atoms with Crippen LogP contribution in [0.1, 0.15) is 198 Å². The van der Waals surface area contributed by atoms with Gasteiger partial charge in [-0.15, -0.1) is 0 Å².